The largest absolute Gasteiger partial charge is 0.481 e. The Bertz CT molecular complexity index is 1160. The molecule has 0 aliphatic rings. The fourth-order valence-corrected chi connectivity index (χ4v) is 3.37. The summed E-state index contributed by atoms with van der Waals surface area (Å²) < 4.78 is 0. The lowest BCUT2D eigenvalue weighted by Crippen LogP contribution is -2.57. The van der Waals surface area contributed by atoms with Gasteiger partial charge in [0.25, 0.3) is 0 Å². The molecule has 0 saturated heterocycles. The molecule has 0 aliphatic carbocycles. The van der Waals surface area contributed by atoms with Gasteiger partial charge in [-0.15, -0.1) is 0 Å². The molecular formula is C22H28N6O8. The van der Waals surface area contributed by atoms with E-state index in [4.69, 9.17) is 16.6 Å². The summed E-state index contributed by atoms with van der Waals surface area (Å²) in [6.45, 7) is 1.31. The second kappa shape index (κ2) is 12.3. The molecular weight excluding hydrogens is 476 g/mol. The van der Waals surface area contributed by atoms with Crippen molar-refractivity contribution in [3.05, 3.63) is 36.0 Å². The molecule has 4 atom stereocenters. The van der Waals surface area contributed by atoms with E-state index in [9.17, 15) is 33.9 Å². The van der Waals surface area contributed by atoms with E-state index in [-0.39, 0.29) is 6.42 Å². The van der Waals surface area contributed by atoms with E-state index >= 15 is 0 Å². The van der Waals surface area contributed by atoms with Crippen molar-refractivity contribution in [3.8, 4) is 0 Å². The van der Waals surface area contributed by atoms with Crippen molar-refractivity contribution in [2.45, 2.75) is 50.4 Å². The quantitative estimate of drug-likeness (QED) is 0.149. The van der Waals surface area contributed by atoms with Crippen molar-refractivity contribution in [2.75, 3.05) is 0 Å². The van der Waals surface area contributed by atoms with Gasteiger partial charge in [-0.3, -0.25) is 24.0 Å². The van der Waals surface area contributed by atoms with Crippen LogP contribution in [0.25, 0.3) is 10.9 Å². The maximum absolute atomic E-state index is 13.0. The van der Waals surface area contributed by atoms with Gasteiger partial charge in [0, 0.05) is 23.5 Å². The number of benzene rings is 1. The van der Waals surface area contributed by atoms with E-state index < -0.39 is 72.6 Å². The van der Waals surface area contributed by atoms with Crippen molar-refractivity contribution >= 4 is 46.5 Å². The number of nitrogens with two attached hydrogens (primary N) is 2. The van der Waals surface area contributed by atoms with Crippen LogP contribution in [0, 0.1) is 0 Å². The number of H-pyrrole nitrogens is 1. The van der Waals surface area contributed by atoms with Gasteiger partial charge in [-0.05, 0) is 18.6 Å². The van der Waals surface area contributed by atoms with Crippen molar-refractivity contribution in [1.29, 1.82) is 0 Å². The molecule has 2 aromatic rings. The smallest absolute Gasteiger partial charge is 0.326 e. The number of carbonyl (C=O) groups is 6. The molecule has 1 aromatic carbocycles. The Morgan fingerprint density at radius 1 is 0.917 bits per heavy atom. The third kappa shape index (κ3) is 7.80. The molecule has 2 rings (SSSR count). The van der Waals surface area contributed by atoms with E-state index in [1.165, 1.54) is 6.92 Å². The first-order valence-electron chi connectivity index (χ1n) is 10.8. The minimum Gasteiger partial charge on any atom is -0.481 e. The maximum atomic E-state index is 13.0. The van der Waals surface area contributed by atoms with Crippen LogP contribution in [0.1, 0.15) is 25.3 Å². The van der Waals surface area contributed by atoms with E-state index in [1.54, 1.807) is 30.5 Å². The van der Waals surface area contributed by atoms with E-state index in [2.05, 4.69) is 20.9 Å². The molecule has 0 aliphatic heterocycles. The molecule has 14 heteroatoms. The van der Waals surface area contributed by atoms with Crippen LogP contribution in [0.5, 0.6) is 0 Å². The average Bonchev–Trinajstić information content (AvgIpc) is 3.19. The summed E-state index contributed by atoms with van der Waals surface area (Å²) in [5.74, 6) is -6.37. The fraction of sp³-hybridized carbons (Fsp3) is 0.364. The number of nitrogens with one attached hydrogen (secondary N) is 4. The second-order valence-electron chi connectivity index (χ2n) is 8.13. The number of primary amides is 1. The van der Waals surface area contributed by atoms with Crippen molar-refractivity contribution in [2.24, 2.45) is 11.5 Å². The molecule has 36 heavy (non-hydrogen) atoms. The molecule has 0 spiro atoms. The van der Waals surface area contributed by atoms with Crippen LogP contribution in [-0.4, -0.2) is 74.9 Å². The molecule has 1 heterocycles. The summed E-state index contributed by atoms with van der Waals surface area (Å²) in [5, 5.41) is 25.9. The fourth-order valence-electron chi connectivity index (χ4n) is 3.37. The first-order chi connectivity index (χ1) is 16.9. The Balaban J connectivity index is 2.22. The number of carbonyl (C=O) groups excluding carboxylic acids is 4. The highest BCUT2D eigenvalue weighted by Gasteiger charge is 2.30. The summed E-state index contributed by atoms with van der Waals surface area (Å²) in [6.07, 6.45) is 0.227. The van der Waals surface area contributed by atoms with Gasteiger partial charge < -0.3 is 42.6 Å². The lowest BCUT2D eigenvalue weighted by molar-refractivity contribution is -0.147. The topological polar surface area (TPSA) is 247 Å². The molecule has 0 radical (unpaired) electrons. The first-order valence-corrected chi connectivity index (χ1v) is 10.8. The van der Waals surface area contributed by atoms with E-state index in [1.807, 2.05) is 0 Å². The number of carboxylic acids is 2. The van der Waals surface area contributed by atoms with Crippen LogP contribution in [0.2, 0.25) is 0 Å². The van der Waals surface area contributed by atoms with Crippen molar-refractivity contribution < 1.29 is 39.0 Å². The number of carboxylic acid groups (broad SMARTS) is 2. The molecule has 10 N–H and O–H groups in total. The zero-order chi connectivity index (χ0) is 27.0. The molecule has 194 valence electrons. The highest BCUT2D eigenvalue weighted by molar-refractivity contribution is 5.95. The number of aliphatic carboxylic acids is 2. The lowest BCUT2D eigenvalue weighted by atomic mass is 10.0. The van der Waals surface area contributed by atoms with Gasteiger partial charge >= 0.3 is 11.9 Å². The van der Waals surface area contributed by atoms with Gasteiger partial charge in [0.15, 0.2) is 0 Å². The molecule has 4 unspecified atom stereocenters. The summed E-state index contributed by atoms with van der Waals surface area (Å²) in [4.78, 5) is 74.2. The summed E-state index contributed by atoms with van der Waals surface area (Å²) >= 11 is 0. The summed E-state index contributed by atoms with van der Waals surface area (Å²) in [5.41, 5.74) is 12.0. The maximum Gasteiger partial charge on any atom is 0.326 e. The highest BCUT2D eigenvalue weighted by Crippen LogP contribution is 2.19. The lowest BCUT2D eigenvalue weighted by Gasteiger charge is -2.23. The minimum absolute atomic E-state index is 0.0805. The molecule has 4 amide bonds. The Kier molecular flexibility index (Phi) is 9.50. The average molecular weight is 505 g/mol. The number of fused-ring (bicyclic) bond motifs is 1. The standard InChI is InChI=1S/C22H28N6O8/c1-10(26-20(33)13(23)7-17(24)29)19(32)27-15(21(34)28-16(22(35)36)8-18(30)31)6-11-9-25-14-5-3-2-4-12(11)14/h2-5,9-10,13,15-16,25H,6-8,23H2,1H3,(H2,24,29)(H,26,33)(H,27,32)(H,28,34)(H,30,31)(H,35,36). The number of aromatic amines is 1. The van der Waals surface area contributed by atoms with Gasteiger partial charge in [-0.25, -0.2) is 4.79 Å². The number of hydrogen-bond acceptors (Lipinski definition) is 7. The Hall–Kier alpha value is -4.46. The van der Waals surface area contributed by atoms with Crippen LogP contribution in [0.15, 0.2) is 30.5 Å². The van der Waals surface area contributed by atoms with Gasteiger partial charge in [0.05, 0.1) is 18.9 Å². The Morgan fingerprint density at radius 3 is 2.17 bits per heavy atom. The number of para-hydroxylation sites is 1. The number of rotatable bonds is 13. The first kappa shape index (κ1) is 27.8. The van der Waals surface area contributed by atoms with Crippen LogP contribution >= 0.6 is 0 Å². The van der Waals surface area contributed by atoms with Crippen molar-refractivity contribution in [1.82, 2.24) is 20.9 Å². The zero-order valence-electron chi connectivity index (χ0n) is 19.3. The van der Waals surface area contributed by atoms with Gasteiger partial charge in [-0.2, -0.15) is 0 Å². The number of hydrogen-bond donors (Lipinski definition) is 8. The van der Waals surface area contributed by atoms with Gasteiger partial charge in [0.2, 0.25) is 23.6 Å². The zero-order valence-corrected chi connectivity index (χ0v) is 19.3. The predicted octanol–water partition coefficient (Wildman–Crippen LogP) is -2.05. The summed E-state index contributed by atoms with van der Waals surface area (Å²) in [6, 6.07) is 1.61. The normalized spacial score (nSPS) is 14.2. The molecule has 1 aromatic heterocycles. The van der Waals surface area contributed by atoms with Crippen LogP contribution in [-0.2, 0) is 35.2 Å². The molecule has 0 bridgehead atoms. The van der Waals surface area contributed by atoms with Crippen LogP contribution in [0.4, 0.5) is 0 Å². The van der Waals surface area contributed by atoms with Crippen LogP contribution < -0.4 is 27.4 Å². The molecule has 14 nitrogen and oxygen atoms in total. The third-order valence-electron chi connectivity index (χ3n) is 5.24. The monoisotopic (exact) mass is 504 g/mol. The number of amides is 4. The van der Waals surface area contributed by atoms with Crippen LogP contribution in [0.3, 0.4) is 0 Å². The second-order valence-corrected chi connectivity index (χ2v) is 8.13. The molecule has 0 saturated carbocycles. The van der Waals surface area contributed by atoms with Crippen molar-refractivity contribution in [3.63, 3.8) is 0 Å². The van der Waals surface area contributed by atoms with Gasteiger partial charge in [-0.1, -0.05) is 18.2 Å². The minimum atomic E-state index is -1.73. The predicted molar refractivity (Wildman–Crippen MR) is 125 cm³/mol. The third-order valence-corrected chi connectivity index (χ3v) is 5.24. The van der Waals surface area contributed by atoms with E-state index in [0.717, 1.165) is 10.9 Å². The summed E-state index contributed by atoms with van der Waals surface area (Å²) in [7, 11) is 0. The Morgan fingerprint density at radius 2 is 1.56 bits per heavy atom. The number of aromatic nitrogens is 1. The van der Waals surface area contributed by atoms with Gasteiger partial charge in [0.1, 0.15) is 18.1 Å². The molecule has 0 fully saturated rings. The van der Waals surface area contributed by atoms with E-state index in [0.29, 0.717) is 5.56 Å². The highest BCUT2D eigenvalue weighted by atomic mass is 16.4. The Labute approximate surface area is 204 Å². The SMILES string of the molecule is CC(NC(=O)C(N)CC(N)=O)C(=O)NC(Cc1c[nH]c2ccccc12)C(=O)NC(CC(=O)O)C(=O)O.